The number of aliphatic carboxylic acids is 1. The number of rotatable bonds is 10. The predicted octanol–water partition coefficient (Wildman–Crippen LogP) is 11.3. The number of likely N-dealkylation sites (N-methyl/N-ethyl adjacent to an activating group) is 2. The number of para-hydroxylation sites is 2. The van der Waals surface area contributed by atoms with E-state index in [2.05, 4.69) is 81.8 Å². The maximum atomic E-state index is 13.1. The number of likely N-dealkylation sites (tertiary alicyclic amines) is 2. The Morgan fingerprint density at radius 2 is 0.860 bits per heavy atom. The summed E-state index contributed by atoms with van der Waals surface area (Å²) in [4.78, 5) is 128. The molecule has 107 heavy (non-hydrogen) atoms. The third kappa shape index (κ3) is 19.5. The first-order chi connectivity index (χ1) is 50.5. The van der Waals surface area contributed by atoms with Crippen LogP contribution in [0.15, 0.2) is 116 Å². The van der Waals surface area contributed by atoms with Gasteiger partial charge in [-0.2, -0.15) is 13.2 Å². The lowest BCUT2D eigenvalue weighted by Crippen LogP contribution is -2.51. The smallest absolute Gasteiger partial charge is 0.446 e. The van der Waals surface area contributed by atoms with Crippen LogP contribution in [0.25, 0.3) is 40.0 Å². The molecule has 0 bridgehead atoms. The third-order valence-electron chi connectivity index (χ3n) is 20.0. The topological polar surface area (TPSA) is 302 Å². The molecule has 28 heteroatoms. The van der Waals surface area contributed by atoms with Crippen molar-refractivity contribution in [1.29, 1.82) is 0 Å². The Balaban J connectivity index is 0.000000167. The zero-order valence-corrected chi connectivity index (χ0v) is 61.9. The van der Waals surface area contributed by atoms with Crippen LogP contribution in [-0.4, -0.2) is 174 Å². The van der Waals surface area contributed by atoms with Gasteiger partial charge < -0.3 is 64.6 Å². The number of aromatic nitrogens is 5. The van der Waals surface area contributed by atoms with Crippen molar-refractivity contribution in [3.8, 4) is 0 Å². The average Bonchev–Trinajstić information content (AvgIpc) is 0.807. The van der Waals surface area contributed by atoms with Crippen LogP contribution in [0.5, 0.6) is 0 Å². The van der Waals surface area contributed by atoms with E-state index in [1.54, 1.807) is 63.3 Å². The number of anilines is 3. The van der Waals surface area contributed by atoms with Crippen molar-refractivity contribution < 1.29 is 70.9 Å². The number of pyridine rings is 3. The van der Waals surface area contributed by atoms with Crippen molar-refractivity contribution in [3.63, 3.8) is 0 Å². The Morgan fingerprint density at radius 1 is 0.533 bits per heavy atom. The fourth-order valence-electron chi connectivity index (χ4n) is 14.1. The number of nitrogens with zero attached hydrogens (tertiary/aromatic N) is 9. The largest absolute Gasteiger partial charge is 0.478 e. The first kappa shape index (κ1) is 78.6. The molecule has 6 aliphatic heterocycles. The molecule has 0 unspecified atom stereocenters. The van der Waals surface area contributed by atoms with E-state index in [1.807, 2.05) is 105 Å². The Labute approximate surface area is 618 Å². The van der Waals surface area contributed by atoms with E-state index in [4.69, 9.17) is 19.4 Å². The third-order valence-corrected chi connectivity index (χ3v) is 20.0. The molecule has 0 saturated carbocycles. The van der Waals surface area contributed by atoms with Crippen LogP contribution in [-0.2, 0) is 89.5 Å². The highest BCUT2D eigenvalue weighted by Gasteiger charge is 2.48. The monoisotopic (exact) mass is 1470 g/mol. The number of aryl methyl sites for hydroxylation is 2. The molecule has 3 spiro atoms. The van der Waals surface area contributed by atoms with Crippen LogP contribution in [0.4, 0.5) is 40.2 Å². The Hall–Kier alpha value is -11.0. The number of nitrogens with one attached hydrogen (secondary N) is 4. The van der Waals surface area contributed by atoms with Gasteiger partial charge in [0.15, 0.2) is 0 Å². The lowest BCUT2D eigenvalue weighted by molar-refractivity contribution is -0.156. The molecule has 566 valence electrons. The first-order valence-corrected chi connectivity index (χ1v) is 35.5. The second-order valence-corrected chi connectivity index (χ2v) is 30.1. The SMILES string of the molecule is CC(C)(C)OC(=O)N1CCC2(CC1)Cc1cc(/C=C/C(=O)O)cnc1NC2=O.CN(Cc1cc2ccccc2n1C)C(=O)/C=C/c1cnc2c(c1)CC1(CCN(C(=O)OC(C)(C)C)CC1)C(=O)N2.CN(Cc1cc2ccccc2n1C)C(=O)/C=C/c1cnc2c(c1)CC1(CCNCC1)C(=O)N2.O=CC(F)(F)F. The molecule has 25 nitrogen and oxygen atoms in total. The maximum Gasteiger partial charge on any atom is 0.446 e. The van der Waals surface area contributed by atoms with E-state index in [0.717, 1.165) is 87.6 Å². The first-order valence-electron chi connectivity index (χ1n) is 35.5. The number of carbonyl (C=O) groups is 9. The maximum absolute atomic E-state index is 13.1. The van der Waals surface area contributed by atoms with Crippen LogP contribution in [0.3, 0.4) is 0 Å². The van der Waals surface area contributed by atoms with E-state index < -0.39 is 40.5 Å². The van der Waals surface area contributed by atoms with E-state index in [1.165, 1.54) is 17.7 Å². The standard InChI is InChI=1S/C31H37N5O4.C26H29N5O2.C20H25N3O5.C2HF3O/c1-30(2,3)40-29(39)36-14-12-31(13-15-36)18-23-16-21(19-32-27(23)33-28(31)38)10-11-26(37)34(4)20-24-17-22-8-6-7-9-25(22)35(24)5;1-30(17-21-14-19-5-3-4-6-22(19)31(21)2)23(32)8-7-18-13-20-15-26(9-11-27-12-10-26)25(33)29-24(20)28-16-18;1-19(2,3)28-18(27)23-8-6-20(7-9-23)11-14-10-13(4-5-15(24)25)12-21-16(14)22-17(20)26;3-2(4,5)1-6/h6-11,16-17,19H,12-15,18,20H2,1-5H3,(H,32,33,38);3-8,13-14,16,27H,9-12,15,17H2,1-2H3,(H,28,29,33);4-5,10,12H,6-9,11H2,1-3H3,(H,24,25)(H,21,22,26);1H/b11-10+;8-7+;5-4+;. The van der Waals surface area contributed by atoms with Crippen LogP contribution in [0, 0.1) is 16.2 Å². The molecular formula is C79H92F3N13O12. The van der Waals surface area contributed by atoms with E-state index in [9.17, 15) is 51.5 Å². The molecule has 2 aromatic carbocycles. The summed E-state index contributed by atoms with van der Waals surface area (Å²) in [7, 11) is 7.64. The molecule has 0 radical (unpaired) electrons. The molecule has 7 amide bonds. The zero-order valence-electron chi connectivity index (χ0n) is 61.9. The minimum Gasteiger partial charge on any atom is -0.478 e. The highest BCUT2D eigenvalue weighted by molar-refractivity contribution is 6.00. The molecule has 3 saturated heterocycles. The van der Waals surface area contributed by atoms with Crippen molar-refractivity contribution in [1.82, 2.24) is 49.0 Å². The van der Waals surface area contributed by atoms with Crippen molar-refractivity contribution in [2.24, 2.45) is 30.3 Å². The molecule has 5 aromatic heterocycles. The summed E-state index contributed by atoms with van der Waals surface area (Å²) in [5, 5.41) is 23.3. The Morgan fingerprint density at radius 3 is 1.18 bits per heavy atom. The number of ether oxygens (including phenoxy) is 2. The quantitative estimate of drug-likeness (QED) is 0.0628. The van der Waals surface area contributed by atoms with Gasteiger partial charge in [0.1, 0.15) is 28.7 Å². The minimum absolute atomic E-state index is 0.0511. The average molecular weight is 1470 g/mol. The zero-order chi connectivity index (χ0) is 77.4. The predicted molar refractivity (Wildman–Crippen MR) is 399 cm³/mol. The summed E-state index contributed by atoms with van der Waals surface area (Å²) in [6.45, 7) is 15.6. The van der Waals surface area contributed by atoms with Crippen molar-refractivity contribution in [2.75, 3.05) is 69.3 Å². The van der Waals surface area contributed by atoms with Gasteiger partial charge in [-0.25, -0.2) is 29.3 Å². The van der Waals surface area contributed by atoms with Gasteiger partial charge in [-0.3, -0.25) is 28.8 Å². The van der Waals surface area contributed by atoms with Gasteiger partial charge in [0.25, 0.3) is 0 Å². The summed E-state index contributed by atoms with van der Waals surface area (Å²) in [6, 6.07) is 26.5. The summed E-state index contributed by atoms with van der Waals surface area (Å²) in [5.74, 6) is 0.451. The Kier molecular flexibility index (Phi) is 23.8. The molecule has 13 rings (SSSR count). The fourth-order valence-corrected chi connectivity index (χ4v) is 14.1. The number of benzene rings is 2. The minimum atomic E-state index is -4.64. The van der Waals surface area contributed by atoms with Crippen molar-refractivity contribution >= 4 is 111 Å². The van der Waals surface area contributed by atoms with Gasteiger partial charge in [0, 0.05) is 114 Å². The number of hydrogen-bond donors (Lipinski definition) is 5. The molecule has 0 aliphatic carbocycles. The lowest BCUT2D eigenvalue weighted by atomic mass is 9.71. The number of carboxylic acid groups (broad SMARTS) is 1. The Bertz CT molecular complexity index is 4640. The van der Waals surface area contributed by atoms with Gasteiger partial charge in [-0.15, -0.1) is 0 Å². The normalized spacial score (nSPS) is 17.1. The number of halogens is 3. The van der Waals surface area contributed by atoms with Crippen LogP contribution in [0.1, 0.15) is 125 Å². The highest BCUT2D eigenvalue weighted by Crippen LogP contribution is 2.44. The van der Waals surface area contributed by atoms with Gasteiger partial charge in [-0.1, -0.05) is 36.4 Å². The van der Waals surface area contributed by atoms with Gasteiger partial charge in [0.05, 0.1) is 29.3 Å². The van der Waals surface area contributed by atoms with Gasteiger partial charge >= 0.3 is 24.3 Å². The molecule has 3 fully saturated rings. The number of fused-ring (bicyclic) bond motifs is 5. The molecule has 0 atom stereocenters. The number of carbonyl (C=O) groups excluding carboxylic acids is 8. The second-order valence-electron chi connectivity index (χ2n) is 30.1. The molecule has 5 N–H and O–H groups in total. The van der Waals surface area contributed by atoms with Crippen molar-refractivity contribution in [2.45, 2.75) is 130 Å². The number of alkyl halides is 3. The summed E-state index contributed by atoms with van der Waals surface area (Å²) < 4.78 is 46.4. The van der Waals surface area contributed by atoms with Crippen LogP contribution in [0.2, 0.25) is 0 Å². The number of hydrogen-bond acceptors (Lipinski definition) is 15. The number of carboxylic acids is 1. The van der Waals surface area contributed by atoms with Gasteiger partial charge in [-0.05, 0) is 217 Å². The highest BCUT2D eigenvalue weighted by atomic mass is 19.4. The fraction of sp³-hybridized carbons (Fsp3) is 0.418. The van der Waals surface area contributed by atoms with Crippen molar-refractivity contribution in [3.05, 3.63) is 160 Å². The van der Waals surface area contributed by atoms with Gasteiger partial charge in [0.2, 0.25) is 35.8 Å². The second kappa shape index (κ2) is 32.4. The van der Waals surface area contributed by atoms with E-state index >= 15 is 0 Å². The summed E-state index contributed by atoms with van der Waals surface area (Å²) in [5.41, 5.74) is 6.94. The summed E-state index contributed by atoms with van der Waals surface area (Å²) in [6.07, 6.45) is 13.3. The summed E-state index contributed by atoms with van der Waals surface area (Å²) >= 11 is 0. The number of aldehydes is 1. The molecule has 6 aliphatic rings. The number of piperidine rings is 3. The molecular weight excluding hydrogens is 1380 g/mol. The van der Waals surface area contributed by atoms with Crippen LogP contribution < -0.4 is 21.3 Å². The van der Waals surface area contributed by atoms with E-state index in [-0.39, 0.29) is 47.1 Å². The van der Waals surface area contributed by atoms with E-state index in [0.29, 0.717) is 107 Å². The molecule has 11 heterocycles. The number of amides is 7. The molecule has 7 aromatic rings. The van der Waals surface area contributed by atoms with Crippen LogP contribution >= 0.6 is 0 Å². The lowest BCUT2D eigenvalue weighted by Gasteiger charge is -2.43.